The van der Waals surface area contributed by atoms with Crippen molar-refractivity contribution >= 4 is 5.91 Å². The molecule has 0 aliphatic rings. The lowest BCUT2D eigenvalue weighted by molar-refractivity contribution is 0.0951. The highest BCUT2D eigenvalue weighted by Gasteiger charge is 2.18. The quantitative estimate of drug-likeness (QED) is 0.361. The minimum atomic E-state index is -0.325. The van der Waals surface area contributed by atoms with E-state index in [1.165, 1.54) is 12.1 Å². The number of nitrogens with one attached hydrogen (secondary N) is 1. The van der Waals surface area contributed by atoms with Crippen LogP contribution in [0.25, 0.3) is 16.9 Å². The number of rotatable bonds is 7. The van der Waals surface area contributed by atoms with E-state index in [1.54, 1.807) is 35.5 Å². The maximum absolute atomic E-state index is 13.4. The summed E-state index contributed by atoms with van der Waals surface area (Å²) in [6, 6.07) is 22.0. The summed E-state index contributed by atoms with van der Waals surface area (Å²) in [6.45, 7) is 3.14. The Kier molecular flexibility index (Phi) is 6.22. The number of aromatic nitrogens is 4. The summed E-state index contributed by atoms with van der Waals surface area (Å²) in [7, 11) is 0. The van der Waals surface area contributed by atoms with Crippen LogP contribution in [0.2, 0.25) is 0 Å². The van der Waals surface area contributed by atoms with E-state index in [2.05, 4.69) is 15.4 Å². The Bertz CT molecular complexity index is 1420. The van der Waals surface area contributed by atoms with Crippen LogP contribution < -0.4 is 5.32 Å². The summed E-state index contributed by atoms with van der Waals surface area (Å²) >= 11 is 0. The van der Waals surface area contributed by atoms with Gasteiger partial charge in [-0.05, 0) is 42.3 Å². The van der Waals surface area contributed by atoms with Gasteiger partial charge in [0.05, 0.1) is 17.6 Å². The number of nitrogens with zero attached hydrogens (tertiary/aromatic N) is 4. The Morgan fingerprint density at radius 1 is 0.943 bits per heavy atom. The highest BCUT2D eigenvalue weighted by atomic mass is 19.1. The summed E-state index contributed by atoms with van der Waals surface area (Å²) in [5, 5.41) is 7.67. The standard InChI is InChI=1S/C28H24FN5O/c1-20-2-8-23(9-3-20)27-26(18-34(32-27)25-12-10-24(29)11-13-25)28(35)31-16-21-4-6-22(7-5-21)17-33-15-14-30-19-33/h2-15,18-19H,16-17H2,1H3,(H,31,35). The first-order valence-corrected chi connectivity index (χ1v) is 11.3. The molecule has 3 aromatic carbocycles. The third kappa shape index (κ3) is 5.19. The van der Waals surface area contributed by atoms with Gasteiger partial charge in [0.2, 0.25) is 0 Å². The van der Waals surface area contributed by atoms with Gasteiger partial charge in [0.25, 0.3) is 5.91 Å². The van der Waals surface area contributed by atoms with Gasteiger partial charge >= 0.3 is 0 Å². The molecule has 5 rings (SSSR count). The van der Waals surface area contributed by atoms with E-state index < -0.39 is 0 Å². The van der Waals surface area contributed by atoms with Crippen LogP contribution in [0.1, 0.15) is 27.0 Å². The Morgan fingerprint density at radius 2 is 1.66 bits per heavy atom. The van der Waals surface area contributed by atoms with Crippen LogP contribution in [0.5, 0.6) is 0 Å². The number of carbonyl (C=O) groups excluding carboxylic acids is 1. The van der Waals surface area contributed by atoms with Gasteiger partial charge in [-0.1, -0.05) is 54.1 Å². The minimum absolute atomic E-state index is 0.226. The lowest BCUT2D eigenvalue weighted by atomic mass is 10.1. The molecule has 0 atom stereocenters. The van der Waals surface area contributed by atoms with Crippen molar-refractivity contribution in [1.82, 2.24) is 24.6 Å². The molecule has 174 valence electrons. The fraction of sp³-hybridized carbons (Fsp3) is 0.107. The highest BCUT2D eigenvalue weighted by molar-refractivity contribution is 5.99. The molecule has 35 heavy (non-hydrogen) atoms. The summed E-state index contributed by atoms with van der Waals surface area (Å²) in [6.07, 6.45) is 7.15. The number of imidazole rings is 1. The molecule has 0 spiro atoms. The Balaban J connectivity index is 1.36. The van der Waals surface area contributed by atoms with Gasteiger partial charge in [-0.3, -0.25) is 4.79 Å². The van der Waals surface area contributed by atoms with Crippen LogP contribution >= 0.6 is 0 Å². The van der Waals surface area contributed by atoms with E-state index in [0.29, 0.717) is 23.5 Å². The molecule has 0 fully saturated rings. The molecular weight excluding hydrogens is 441 g/mol. The normalized spacial score (nSPS) is 10.9. The van der Waals surface area contributed by atoms with Crippen molar-refractivity contribution in [3.63, 3.8) is 0 Å². The van der Waals surface area contributed by atoms with E-state index in [1.807, 2.05) is 66.2 Å². The van der Waals surface area contributed by atoms with Crippen molar-refractivity contribution in [3.8, 4) is 16.9 Å². The van der Waals surface area contributed by atoms with Crippen LogP contribution in [0, 0.1) is 12.7 Å². The first-order valence-electron chi connectivity index (χ1n) is 11.3. The fourth-order valence-electron chi connectivity index (χ4n) is 3.82. The first kappa shape index (κ1) is 22.3. The van der Waals surface area contributed by atoms with Gasteiger partial charge in [-0.25, -0.2) is 14.1 Å². The number of amides is 1. The molecule has 1 N–H and O–H groups in total. The Hall–Kier alpha value is -4.52. The SMILES string of the molecule is Cc1ccc(-c2nn(-c3ccc(F)cc3)cc2C(=O)NCc2ccc(Cn3ccnc3)cc2)cc1. The van der Waals surface area contributed by atoms with E-state index in [9.17, 15) is 9.18 Å². The number of halogens is 1. The molecule has 2 aromatic heterocycles. The van der Waals surface area contributed by atoms with Crippen molar-refractivity contribution in [2.24, 2.45) is 0 Å². The zero-order valence-corrected chi connectivity index (χ0v) is 19.2. The second-order valence-corrected chi connectivity index (χ2v) is 8.41. The molecule has 1 amide bonds. The molecule has 5 aromatic rings. The third-order valence-electron chi connectivity index (χ3n) is 5.78. The van der Waals surface area contributed by atoms with Gasteiger partial charge in [-0.15, -0.1) is 0 Å². The third-order valence-corrected chi connectivity index (χ3v) is 5.78. The van der Waals surface area contributed by atoms with Gasteiger partial charge in [0.15, 0.2) is 0 Å². The Morgan fingerprint density at radius 3 is 2.34 bits per heavy atom. The second-order valence-electron chi connectivity index (χ2n) is 8.41. The fourth-order valence-corrected chi connectivity index (χ4v) is 3.82. The molecule has 0 saturated heterocycles. The van der Waals surface area contributed by atoms with E-state index >= 15 is 0 Å². The van der Waals surface area contributed by atoms with Gasteiger partial charge in [-0.2, -0.15) is 5.10 Å². The molecule has 0 saturated carbocycles. The smallest absolute Gasteiger partial charge is 0.255 e. The van der Waals surface area contributed by atoms with Crippen molar-refractivity contribution in [2.75, 3.05) is 0 Å². The van der Waals surface area contributed by atoms with Crippen molar-refractivity contribution in [1.29, 1.82) is 0 Å². The summed E-state index contributed by atoms with van der Waals surface area (Å²) in [5.41, 5.74) is 5.81. The predicted octanol–water partition coefficient (Wildman–Crippen LogP) is 5.16. The average Bonchev–Trinajstić information content (AvgIpc) is 3.55. The van der Waals surface area contributed by atoms with E-state index in [4.69, 9.17) is 0 Å². The van der Waals surface area contributed by atoms with Crippen LogP contribution in [-0.2, 0) is 13.1 Å². The van der Waals surface area contributed by atoms with E-state index in [-0.39, 0.29) is 11.7 Å². The van der Waals surface area contributed by atoms with Crippen molar-refractivity contribution in [2.45, 2.75) is 20.0 Å². The van der Waals surface area contributed by atoms with Gasteiger partial charge in [0, 0.05) is 37.2 Å². The second kappa shape index (κ2) is 9.77. The molecule has 0 aliphatic heterocycles. The molecule has 2 heterocycles. The maximum Gasteiger partial charge on any atom is 0.255 e. The molecule has 7 heteroatoms. The molecule has 0 unspecified atom stereocenters. The van der Waals surface area contributed by atoms with Gasteiger partial charge in [0.1, 0.15) is 11.5 Å². The zero-order valence-electron chi connectivity index (χ0n) is 19.2. The number of carbonyl (C=O) groups is 1. The van der Waals surface area contributed by atoms with Crippen LogP contribution in [0.15, 0.2) is 97.7 Å². The predicted molar refractivity (Wildman–Crippen MR) is 133 cm³/mol. The molecule has 6 nitrogen and oxygen atoms in total. The van der Waals surface area contributed by atoms with Gasteiger partial charge < -0.3 is 9.88 Å². The number of benzene rings is 3. The lowest BCUT2D eigenvalue weighted by Gasteiger charge is -2.08. The van der Waals surface area contributed by atoms with E-state index in [0.717, 1.165) is 28.8 Å². The number of hydrogen-bond acceptors (Lipinski definition) is 3. The number of hydrogen-bond donors (Lipinski definition) is 1. The lowest BCUT2D eigenvalue weighted by Crippen LogP contribution is -2.23. The minimum Gasteiger partial charge on any atom is -0.348 e. The summed E-state index contributed by atoms with van der Waals surface area (Å²) in [5.74, 6) is -0.551. The molecule has 0 aliphatic carbocycles. The van der Waals surface area contributed by atoms with Crippen molar-refractivity contribution < 1.29 is 9.18 Å². The molecule has 0 radical (unpaired) electrons. The summed E-state index contributed by atoms with van der Waals surface area (Å²) in [4.78, 5) is 17.3. The number of aryl methyl sites for hydroxylation is 1. The Labute approximate surface area is 202 Å². The van der Waals surface area contributed by atoms with Crippen LogP contribution in [-0.4, -0.2) is 25.2 Å². The van der Waals surface area contributed by atoms with Crippen LogP contribution in [0.4, 0.5) is 4.39 Å². The topological polar surface area (TPSA) is 64.7 Å². The van der Waals surface area contributed by atoms with Crippen LogP contribution in [0.3, 0.4) is 0 Å². The zero-order chi connectivity index (χ0) is 24.2. The maximum atomic E-state index is 13.4. The molecule has 0 bridgehead atoms. The average molecular weight is 466 g/mol. The highest BCUT2D eigenvalue weighted by Crippen LogP contribution is 2.24. The van der Waals surface area contributed by atoms with Crippen molar-refractivity contribution in [3.05, 3.63) is 126 Å². The largest absolute Gasteiger partial charge is 0.348 e. The molecular formula is C28H24FN5O. The first-order chi connectivity index (χ1) is 17.0. The summed E-state index contributed by atoms with van der Waals surface area (Å²) < 4.78 is 17.0. The monoisotopic (exact) mass is 465 g/mol.